The Balaban J connectivity index is 1.42. The largest absolute Gasteiger partial charge is 0.490 e. The number of allylic oxidation sites excluding steroid dienone is 1. The molecule has 9 nitrogen and oxygen atoms in total. The second kappa shape index (κ2) is 15.1. The van der Waals surface area contributed by atoms with Gasteiger partial charge in [-0.3, -0.25) is 9.59 Å². The first-order chi connectivity index (χ1) is 24.2. The van der Waals surface area contributed by atoms with Gasteiger partial charge < -0.3 is 19.3 Å². The maximum Gasteiger partial charge on any atom is 0.264 e. The Labute approximate surface area is 309 Å². The van der Waals surface area contributed by atoms with Gasteiger partial charge in [-0.1, -0.05) is 50.6 Å². The predicted molar refractivity (Wildman–Crippen MR) is 202 cm³/mol. The number of halogens is 1. The van der Waals surface area contributed by atoms with Crippen LogP contribution in [-0.2, 0) is 31.4 Å². The number of carbonyl (C=O) groups excluding carboxylic acids is 2. The fourth-order valence-electron chi connectivity index (χ4n) is 8.41. The maximum atomic E-state index is 13.6. The molecule has 2 aromatic carbocycles. The number of ether oxygens (including phenoxy) is 2. The predicted octanol–water partition coefficient (Wildman–Crippen LogP) is 6.77. The minimum Gasteiger partial charge on any atom is -0.490 e. The molecule has 2 aliphatic heterocycles. The van der Waals surface area contributed by atoms with E-state index in [2.05, 4.69) is 41.7 Å². The molecule has 2 heterocycles. The standard InChI is InChI=1S/C40H54ClN3O6S/c1-25(2)19-37(39(46)43(5)6)50-35-11-7-9-26(3)27(4)51(47,48)42-38(45)29-13-17-36-34(21-29)44(22-30-12-15-32(30)35)23-40(24-49-36)18-8-10-28-20-31(41)14-16-33(28)40/h7,11,13-14,16-17,20-21,25-27,30,32,35,37H,8-10,12,15,18-19,22-24H2,1-6H3,(H,42,45)/b11-7+/t26-,27+,30-,32+,35-,37-,40-/m0/s1. The summed E-state index contributed by atoms with van der Waals surface area (Å²) in [4.78, 5) is 30.9. The van der Waals surface area contributed by atoms with E-state index in [1.54, 1.807) is 44.1 Å². The lowest BCUT2D eigenvalue weighted by molar-refractivity contribution is -0.149. The van der Waals surface area contributed by atoms with Crippen molar-refractivity contribution in [3.8, 4) is 5.75 Å². The van der Waals surface area contributed by atoms with Crippen molar-refractivity contribution in [2.75, 3.05) is 38.7 Å². The van der Waals surface area contributed by atoms with Gasteiger partial charge in [0.25, 0.3) is 11.8 Å². The van der Waals surface area contributed by atoms with Crippen molar-refractivity contribution in [1.29, 1.82) is 0 Å². The smallest absolute Gasteiger partial charge is 0.264 e. The maximum absolute atomic E-state index is 13.6. The number of hydrogen-bond donors (Lipinski definition) is 1. The van der Waals surface area contributed by atoms with Crippen LogP contribution in [0.15, 0.2) is 48.6 Å². The molecule has 0 aromatic heterocycles. The monoisotopic (exact) mass is 739 g/mol. The number of likely N-dealkylation sites (N-methyl/N-ethyl adjacent to an activating group) is 1. The zero-order valence-electron chi connectivity index (χ0n) is 30.9. The van der Waals surface area contributed by atoms with Gasteiger partial charge in [-0.15, -0.1) is 0 Å². The van der Waals surface area contributed by atoms with E-state index < -0.39 is 27.3 Å². The minimum atomic E-state index is -3.98. The molecule has 4 aliphatic rings. The molecule has 1 spiro atoms. The van der Waals surface area contributed by atoms with Gasteiger partial charge in [-0.05, 0) is 117 Å². The molecule has 1 saturated carbocycles. The van der Waals surface area contributed by atoms with Crippen LogP contribution in [0.3, 0.4) is 0 Å². The summed E-state index contributed by atoms with van der Waals surface area (Å²) in [5.74, 6) is 0.385. The van der Waals surface area contributed by atoms with Crippen molar-refractivity contribution in [3.05, 3.63) is 70.3 Å². The fraction of sp³-hybridized carbons (Fsp3) is 0.600. The number of hydrogen-bond acceptors (Lipinski definition) is 7. The molecular formula is C40H54ClN3O6S. The minimum absolute atomic E-state index is 0.0481. The first-order valence-electron chi connectivity index (χ1n) is 18.6. The molecule has 6 rings (SSSR count). The van der Waals surface area contributed by atoms with Crippen LogP contribution in [0.2, 0.25) is 5.02 Å². The molecule has 51 heavy (non-hydrogen) atoms. The lowest BCUT2D eigenvalue weighted by Gasteiger charge is -2.46. The molecule has 2 bridgehead atoms. The molecule has 1 N–H and O–H groups in total. The van der Waals surface area contributed by atoms with E-state index in [1.807, 2.05) is 19.1 Å². The third-order valence-corrected chi connectivity index (χ3v) is 13.9. The fourth-order valence-corrected chi connectivity index (χ4v) is 9.89. The molecule has 0 saturated heterocycles. The summed E-state index contributed by atoms with van der Waals surface area (Å²) in [6.45, 7) is 9.58. The Morgan fingerprint density at radius 1 is 1.16 bits per heavy atom. The molecule has 2 aromatic rings. The molecule has 278 valence electrons. The van der Waals surface area contributed by atoms with Crippen molar-refractivity contribution in [1.82, 2.24) is 9.62 Å². The van der Waals surface area contributed by atoms with Crippen LogP contribution in [-0.4, -0.2) is 76.4 Å². The number of sulfonamides is 1. The molecular weight excluding hydrogens is 686 g/mol. The average Bonchev–Trinajstić information content (AvgIpc) is 3.21. The summed E-state index contributed by atoms with van der Waals surface area (Å²) in [5, 5.41) is -0.0953. The van der Waals surface area contributed by atoms with Crippen molar-refractivity contribution in [2.45, 2.75) is 95.5 Å². The molecule has 2 amide bonds. The van der Waals surface area contributed by atoms with Crippen LogP contribution in [0.4, 0.5) is 5.69 Å². The highest BCUT2D eigenvalue weighted by Crippen LogP contribution is 2.47. The molecule has 11 heteroatoms. The van der Waals surface area contributed by atoms with Crippen LogP contribution in [0.5, 0.6) is 5.75 Å². The number of benzene rings is 2. The van der Waals surface area contributed by atoms with E-state index >= 15 is 0 Å². The summed E-state index contributed by atoms with van der Waals surface area (Å²) in [7, 11) is -0.450. The number of rotatable bonds is 5. The van der Waals surface area contributed by atoms with Crippen molar-refractivity contribution < 1.29 is 27.5 Å². The van der Waals surface area contributed by atoms with Crippen molar-refractivity contribution in [2.24, 2.45) is 23.7 Å². The third kappa shape index (κ3) is 7.98. The van der Waals surface area contributed by atoms with E-state index in [4.69, 9.17) is 21.1 Å². The summed E-state index contributed by atoms with van der Waals surface area (Å²) in [5.41, 5.74) is 3.25. The van der Waals surface area contributed by atoms with Gasteiger partial charge in [0.1, 0.15) is 11.9 Å². The van der Waals surface area contributed by atoms with Crippen molar-refractivity contribution >= 4 is 39.1 Å². The second-order valence-corrected chi connectivity index (χ2v) is 18.5. The highest BCUT2D eigenvalue weighted by Gasteiger charge is 2.45. The summed E-state index contributed by atoms with van der Waals surface area (Å²) in [6, 6.07) is 11.4. The van der Waals surface area contributed by atoms with Crippen molar-refractivity contribution in [3.63, 3.8) is 0 Å². The lowest BCUT2D eigenvalue weighted by Crippen LogP contribution is -2.50. The van der Waals surface area contributed by atoms with Gasteiger partial charge >= 0.3 is 0 Å². The van der Waals surface area contributed by atoms with Gasteiger partial charge in [0.15, 0.2) is 0 Å². The number of aryl methyl sites for hydroxylation is 1. The van der Waals surface area contributed by atoms with Crippen LogP contribution in [0, 0.1) is 23.7 Å². The van der Waals surface area contributed by atoms with Gasteiger partial charge in [0.05, 0.1) is 23.6 Å². The molecule has 1 fully saturated rings. The number of carbonyl (C=O) groups is 2. The van der Waals surface area contributed by atoms with E-state index in [0.717, 1.165) is 42.8 Å². The molecule has 0 radical (unpaired) electrons. The second-order valence-electron chi connectivity index (χ2n) is 16.1. The lowest BCUT2D eigenvalue weighted by atomic mass is 9.68. The number of fused-ring (bicyclic) bond motifs is 4. The topological polar surface area (TPSA) is 105 Å². The van der Waals surface area contributed by atoms with E-state index in [1.165, 1.54) is 11.1 Å². The number of nitrogens with zero attached hydrogens (tertiary/aromatic N) is 2. The van der Waals surface area contributed by atoms with Gasteiger partial charge in [-0.25, -0.2) is 13.1 Å². The Morgan fingerprint density at radius 3 is 2.65 bits per heavy atom. The average molecular weight is 740 g/mol. The number of amides is 2. The summed E-state index contributed by atoms with van der Waals surface area (Å²) in [6.07, 6.45) is 9.13. The zero-order valence-corrected chi connectivity index (χ0v) is 32.4. The van der Waals surface area contributed by atoms with Gasteiger partial charge in [-0.2, -0.15) is 0 Å². The Hall–Kier alpha value is -3.08. The third-order valence-electron chi connectivity index (χ3n) is 11.7. The number of anilines is 1. The number of nitrogens with one attached hydrogen (secondary N) is 1. The molecule has 2 aliphatic carbocycles. The van der Waals surface area contributed by atoms with E-state index in [0.29, 0.717) is 38.3 Å². The highest BCUT2D eigenvalue weighted by atomic mass is 35.5. The van der Waals surface area contributed by atoms with Gasteiger partial charge in [0, 0.05) is 43.2 Å². The molecule has 7 atom stereocenters. The van der Waals surface area contributed by atoms with Gasteiger partial charge in [0.2, 0.25) is 10.0 Å². The van der Waals surface area contributed by atoms with Crippen LogP contribution in [0.25, 0.3) is 0 Å². The highest BCUT2D eigenvalue weighted by molar-refractivity contribution is 7.90. The van der Waals surface area contributed by atoms with Crippen LogP contribution in [0.1, 0.15) is 87.7 Å². The van der Waals surface area contributed by atoms with Crippen LogP contribution < -0.4 is 14.4 Å². The Bertz CT molecular complexity index is 1760. The van der Waals surface area contributed by atoms with E-state index in [9.17, 15) is 18.0 Å². The normalized spacial score (nSPS) is 30.2. The first-order valence-corrected chi connectivity index (χ1v) is 20.5. The van der Waals surface area contributed by atoms with E-state index in [-0.39, 0.29) is 46.7 Å². The summed E-state index contributed by atoms with van der Waals surface area (Å²) >= 11 is 6.47. The summed E-state index contributed by atoms with van der Waals surface area (Å²) < 4.78 is 42.8. The first kappa shape index (κ1) is 37.7. The SMILES string of the molecule is CC(C)C[C@H](O[C@H]1/C=C/C[C@H](C)[C@@H](C)S(=O)(=O)NC(=O)c2ccc3c(c2)N(C[C@@H]2CC[C@H]21)C[C@@]1(CCCc2cc(Cl)ccc21)CO3)C(=O)N(C)C. The molecule has 0 unspecified atom stereocenters. The Kier molecular flexibility index (Phi) is 11.2. The quantitative estimate of drug-likeness (QED) is 0.338. The Morgan fingerprint density at radius 2 is 1.94 bits per heavy atom. The zero-order chi connectivity index (χ0) is 36.7. The van der Waals surface area contributed by atoms with Crippen LogP contribution >= 0.6 is 11.6 Å².